The first-order valence-electron chi connectivity index (χ1n) is 13.2. The zero-order valence-electron chi connectivity index (χ0n) is 22.0. The van der Waals surface area contributed by atoms with Crippen LogP contribution in [0.4, 0.5) is 0 Å². The molecule has 1 aliphatic carbocycles. The summed E-state index contributed by atoms with van der Waals surface area (Å²) in [4.78, 5) is 46.9. The molecule has 1 saturated carbocycles. The van der Waals surface area contributed by atoms with Crippen LogP contribution in [0.2, 0.25) is 0 Å². The molecule has 4 aromatic carbocycles. The van der Waals surface area contributed by atoms with Crippen LogP contribution in [0.3, 0.4) is 0 Å². The molecule has 4 aromatic rings. The molecule has 0 amide bonds. The lowest BCUT2D eigenvalue weighted by molar-refractivity contribution is -0.380. The maximum atomic E-state index is 12.7. The van der Waals surface area contributed by atoms with Crippen LogP contribution in [0.15, 0.2) is 109 Å². The van der Waals surface area contributed by atoms with Crippen molar-refractivity contribution in [2.45, 2.75) is 31.0 Å². The van der Waals surface area contributed by atoms with Gasteiger partial charge in [-0.25, -0.2) is 9.59 Å². The molecule has 1 aliphatic rings. The van der Waals surface area contributed by atoms with Gasteiger partial charge in [0.1, 0.15) is 11.7 Å². The minimum absolute atomic E-state index is 0.0357. The van der Waals surface area contributed by atoms with E-state index in [0.29, 0.717) is 30.4 Å². The van der Waals surface area contributed by atoms with E-state index in [1.54, 1.807) is 24.3 Å². The summed E-state index contributed by atoms with van der Waals surface area (Å²) in [7, 11) is 0. The van der Waals surface area contributed by atoms with E-state index in [0.717, 1.165) is 22.3 Å². The smallest absolute Gasteiger partial charge is 0.292 e. The second kappa shape index (κ2) is 12.3. The van der Waals surface area contributed by atoms with Crippen molar-refractivity contribution < 1.29 is 29.1 Å². The van der Waals surface area contributed by atoms with Gasteiger partial charge in [0.15, 0.2) is 0 Å². The second-order valence-corrected chi connectivity index (χ2v) is 10.0. The highest BCUT2D eigenvalue weighted by atomic mass is 17.2. The molecular weight excluding hydrogens is 504 g/mol. The van der Waals surface area contributed by atoms with E-state index in [1.165, 1.54) is 0 Å². The predicted octanol–water partition coefficient (Wildman–Crippen LogP) is 7.47. The van der Waals surface area contributed by atoms with Gasteiger partial charge in [-0.2, -0.15) is 9.78 Å². The number of rotatable bonds is 8. The predicted molar refractivity (Wildman–Crippen MR) is 151 cm³/mol. The molecule has 0 aromatic heterocycles. The summed E-state index contributed by atoms with van der Waals surface area (Å²) in [6, 6.07) is 33.8. The molecule has 0 aliphatic heterocycles. The van der Waals surface area contributed by atoms with Crippen molar-refractivity contribution >= 4 is 11.9 Å². The molecule has 5 rings (SSSR count). The Morgan fingerprint density at radius 1 is 0.650 bits per heavy atom. The topological polar surface area (TPSA) is 71.1 Å². The van der Waals surface area contributed by atoms with Crippen LogP contribution >= 0.6 is 0 Å². The van der Waals surface area contributed by atoms with Crippen LogP contribution in [0, 0.1) is 19.8 Å². The van der Waals surface area contributed by atoms with Crippen molar-refractivity contribution in [2.24, 2.45) is 5.92 Å². The Labute approximate surface area is 234 Å². The molecule has 2 radical (unpaired) electrons. The molecule has 0 saturated heterocycles. The fraction of sp³-hybridized carbons (Fsp3) is 0.176. The lowest BCUT2D eigenvalue weighted by atomic mass is 9.78. The van der Waals surface area contributed by atoms with E-state index in [-0.39, 0.29) is 5.92 Å². The van der Waals surface area contributed by atoms with E-state index in [2.05, 4.69) is 13.8 Å². The average molecular weight is 535 g/mol. The molecule has 0 N–H and O–H groups in total. The molecule has 202 valence electrons. The average Bonchev–Trinajstić information content (AvgIpc) is 3.01. The number of benzene rings is 4. The molecule has 1 fully saturated rings. The normalized spacial score (nSPS) is 20.4. The monoisotopic (exact) mass is 534 g/mol. The summed E-state index contributed by atoms with van der Waals surface area (Å²) < 4.78 is 0. The van der Waals surface area contributed by atoms with Gasteiger partial charge in [0, 0.05) is 0 Å². The van der Waals surface area contributed by atoms with Gasteiger partial charge in [0.2, 0.25) is 0 Å². The van der Waals surface area contributed by atoms with Crippen LogP contribution in [-0.4, -0.2) is 23.6 Å². The quantitative estimate of drug-likeness (QED) is 0.172. The highest BCUT2D eigenvalue weighted by Gasteiger charge is 2.45. The molecule has 0 spiro atoms. The third-order valence-corrected chi connectivity index (χ3v) is 7.09. The van der Waals surface area contributed by atoms with Crippen LogP contribution in [-0.2, 0) is 19.6 Å². The molecule has 3 atom stereocenters. The van der Waals surface area contributed by atoms with Crippen LogP contribution in [0.5, 0.6) is 0 Å². The molecule has 0 bridgehead atoms. The summed E-state index contributed by atoms with van der Waals surface area (Å²) >= 11 is 0. The van der Waals surface area contributed by atoms with Crippen molar-refractivity contribution in [3.63, 3.8) is 0 Å². The molecule has 6 nitrogen and oxygen atoms in total. The third-order valence-electron chi connectivity index (χ3n) is 7.09. The van der Waals surface area contributed by atoms with Crippen molar-refractivity contribution in [3.8, 4) is 22.3 Å². The summed E-state index contributed by atoms with van der Waals surface area (Å²) in [5.74, 6) is -1.27. The van der Waals surface area contributed by atoms with E-state index in [1.807, 2.05) is 84.9 Å². The largest absolute Gasteiger partial charge is 0.373 e. The summed E-state index contributed by atoms with van der Waals surface area (Å²) in [6.45, 7) is 8.22. The van der Waals surface area contributed by atoms with Gasteiger partial charge in [-0.05, 0) is 78.6 Å². The number of hydrogen-bond acceptors (Lipinski definition) is 6. The van der Waals surface area contributed by atoms with E-state index < -0.39 is 23.6 Å². The first kappa shape index (κ1) is 27.3. The van der Waals surface area contributed by atoms with Crippen molar-refractivity contribution in [1.29, 1.82) is 0 Å². The molecule has 3 unspecified atom stereocenters. The van der Waals surface area contributed by atoms with E-state index in [9.17, 15) is 9.59 Å². The van der Waals surface area contributed by atoms with Gasteiger partial charge in [-0.3, -0.25) is 9.78 Å². The van der Waals surface area contributed by atoms with Crippen molar-refractivity contribution in [3.05, 3.63) is 134 Å². The first-order chi connectivity index (χ1) is 19.4. The molecular formula is C34H30O6. The zero-order chi connectivity index (χ0) is 28.0. The Balaban J connectivity index is 1.19. The van der Waals surface area contributed by atoms with Gasteiger partial charge in [-0.15, -0.1) is 0 Å². The Bertz CT molecular complexity index is 1420. The lowest BCUT2D eigenvalue weighted by Crippen LogP contribution is -2.48. The van der Waals surface area contributed by atoms with Crippen LogP contribution < -0.4 is 0 Å². The fourth-order valence-corrected chi connectivity index (χ4v) is 4.64. The minimum Gasteiger partial charge on any atom is -0.292 e. The maximum absolute atomic E-state index is 12.7. The number of hydrogen-bond donors (Lipinski definition) is 0. The first-order valence-corrected chi connectivity index (χ1v) is 13.2. The fourth-order valence-electron chi connectivity index (χ4n) is 4.64. The van der Waals surface area contributed by atoms with Gasteiger partial charge in [0.25, 0.3) is 0 Å². The van der Waals surface area contributed by atoms with Crippen molar-refractivity contribution in [1.82, 2.24) is 0 Å². The summed E-state index contributed by atoms with van der Waals surface area (Å²) in [5, 5.41) is 0. The molecule has 6 heteroatoms. The van der Waals surface area contributed by atoms with Crippen LogP contribution in [0.1, 0.15) is 40.0 Å². The molecule has 0 heterocycles. The maximum Gasteiger partial charge on any atom is 0.373 e. The van der Waals surface area contributed by atoms with Crippen LogP contribution in [0.25, 0.3) is 22.3 Å². The number of carbonyl (C=O) groups excluding carboxylic acids is 2. The van der Waals surface area contributed by atoms with Gasteiger partial charge >= 0.3 is 11.9 Å². The Hall–Kier alpha value is -4.26. The second-order valence-electron chi connectivity index (χ2n) is 10.0. The van der Waals surface area contributed by atoms with Crippen molar-refractivity contribution in [2.75, 3.05) is 0 Å². The van der Waals surface area contributed by atoms with Gasteiger partial charge in [0.05, 0.1) is 11.1 Å². The van der Waals surface area contributed by atoms with Gasteiger partial charge < -0.3 is 0 Å². The molecule has 40 heavy (non-hydrogen) atoms. The Morgan fingerprint density at radius 2 is 1.10 bits per heavy atom. The van der Waals surface area contributed by atoms with E-state index in [4.69, 9.17) is 19.6 Å². The zero-order valence-corrected chi connectivity index (χ0v) is 22.0. The summed E-state index contributed by atoms with van der Waals surface area (Å²) in [5.41, 5.74) is 3.44. The minimum atomic E-state index is -1.27. The highest BCUT2D eigenvalue weighted by molar-refractivity contribution is 5.90. The standard InChI is InChI=1S/C34H30O6/c1-24-21-22-34(2,40-39-33(36)30-19-15-28(16-20-30)26-11-7-4-8-12-26)31(23-24)37-38-32(35)29-17-13-27(14-18-29)25-9-5-3-6-10-25/h3-20,24,31H,1-2,21-23H2. The summed E-state index contributed by atoms with van der Waals surface area (Å²) in [6.07, 6.45) is 0.703. The Kier molecular flexibility index (Phi) is 8.39. The number of carbonyl (C=O) groups is 2. The lowest BCUT2D eigenvalue weighted by Gasteiger charge is -2.39. The Morgan fingerprint density at radius 3 is 1.60 bits per heavy atom. The third kappa shape index (κ3) is 6.47. The van der Waals surface area contributed by atoms with E-state index >= 15 is 0 Å². The van der Waals surface area contributed by atoms with Gasteiger partial charge in [-0.1, -0.05) is 91.9 Å². The highest BCUT2D eigenvalue weighted by Crippen LogP contribution is 2.37. The SMILES string of the molecule is [CH2]C1CCC([CH2])(OOC(=O)c2ccc(-c3ccccc3)cc2)C(OOC(=O)c2ccc(-c3ccccc3)cc2)C1.